The molecule has 0 spiro atoms. The first kappa shape index (κ1) is 13.9. The molecule has 0 bridgehead atoms. The summed E-state index contributed by atoms with van der Waals surface area (Å²) in [6.45, 7) is 4.20. The summed E-state index contributed by atoms with van der Waals surface area (Å²) in [6.07, 6.45) is 0. The normalized spacial score (nSPS) is 9.60. The lowest BCUT2D eigenvalue weighted by Crippen LogP contribution is -2.22. The number of hydrogen-bond donors (Lipinski definition) is 2. The van der Waals surface area contributed by atoms with Crippen molar-refractivity contribution in [2.24, 2.45) is 5.73 Å². The van der Waals surface area contributed by atoms with Crippen LogP contribution in [0.4, 0.5) is 5.69 Å². The predicted molar refractivity (Wildman–Crippen MR) is 65.5 cm³/mol. The van der Waals surface area contributed by atoms with E-state index in [1.807, 2.05) is 24.3 Å². The molecule has 0 aliphatic carbocycles. The molecule has 0 aromatic heterocycles. The van der Waals surface area contributed by atoms with E-state index in [2.05, 4.69) is 19.2 Å². The molecule has 0 saturated carbocycles. The Hall–Kier alpha value is -1.06. The quantitative estimate of drug-likeness (QED) is 0.833. The molecule has 1 aromatic rings. The lowest BCUT2D eigenvalue weighted by molar-refractivity contribution is -0.114. The third-order valence-corrected chi connectivity index (χ3v) is 2.04. The van der Waals surface area contributed by atoms with E-state index in [9.17, 15) is 4.79 Å². The van der Waals surface area contributed by atoms with Gasteiger partial charge in [0.05, 0.1) is 6.54 Å². The fraction of sp³-hybridized carbons (Fsp3) is 0.364. The van der Waals surface area contributed by atoms with Gasteiger partial charge in [0, 0.05) is 5.69 Å². The number of anilines is 1. The average Bonchev–Trinajstić information content (AvgIpc) is 2.18. The van der Waals surface area contributed by atoms with Crippen LogP contribution in [0.5, 0.6) is 0 Å². The number of carbonyl (C=O) groups excluding carboxylic acids is 1. The van der Waals surface area contributed by atoms with Crippen LogP contribution in [0, 0.1) is 0 Å². The number of hydrogen-bond acceptors (Lipinski definition) is 2. The molecule has 0 heterocycles. The van der Waals surface area contributed by atoms with Crippen molar-refractivity contribution in [3.63, 3.8) is 0 Å². The SMILES string of the molecule is CC(C)c1ccccc1NC(=O)CN.Cl. The van der Waals surface area contributed by atoms with Crippen LogP contribution in [-0.4, -0.2) is 12.5 Å². The summed E-state index contributed by atoms with van der Waals surface area (Å²) in [6, 6.07) is 7.77. The van der Waals surface area contributed by atoms with Gasteiger partial charge in [0.25, 0.3) is 0 Å². The van der Waals surface area contributed by atoms with Crippen molar-refractivity contribution in [3.05, 3.63) is 29.8 Å². The largest absolute Gasteiger partial charge is 0.325 e. The first-order chi connectivity index (χ1) is 6.65. The Labute approximate surface area is 96.5 Å². The van der Waals surface area contributed by atoms with Crippen LogP contribution in [-0.2, 0) is 4.79 Å². The van der Waals surface area contributed by atoms with E-state index < -0.39 is 0 Å². The summed E-state index contributed by atoms with van der Waals surface area (Å²) in [5.74, 6) is 0.238. The maximum absolute atomic E-state index is 11.1. The Morgan fingerprint density at radius 1 is 1.40 bits per heavy atom. The fourth-order valence-electron chi connectivity index (χ4n) is 1.32. The predicted octanol–water partition coefficient (Wildman–Crippen LogP) is 2.13. The maximum Gasteiger partial charge on any atom is 0.238 e. The number of carbonyl (C=O) groups is 1. The zero-order chi connectivity index (χ0) is 10.6. The van der Waals surface area contributed by atoms with E-state index in [0.29, 0.717) is 5.92 Å². The highest BCUT2D eigenvalue weighted by Gasteiger charge is 2.07. The number of benzene rings is 1. The van der Waals surface area contributed by atoms with Gasteiger partial charge >= 0.3 is 0 Å². The second-order valence-corrected chi connectivity index (χ2v) is 3.49. The van der Waals surface area contributed by atoms with Crippen LogP contribution in [0.1, 0.15) is 25.3 Å². The van der Waals surface area contributed by atoms with E-state index in [1.165, 1.54) is 0 Å². The van der Waals surface area contributed by atoms with Crippen molar-refractivity contribution in [3.8, 4) is 0 Å². The molecule has 4 heteroatoms. The molecule has 15 heavy (non-hydrogen) atoms. The lowest BCUT2D eigenvalue weighted by Gasteiger charge is -2.12. The van der Waals surface area contributed by atoms with Crippen molar-refractivity contribution >= 4 is 24.0 Å². The minimum atomic E-state index is -0.155. The van der Waals surface area contributed by atoms with Crippen molar-refractivity contribution in [1.82, 2.24) is 0 Å². The van der Waals surface area contributed by atoms with Crippen LogP contribution >= 0.6 is 12.4 Å². The van der Waals surface area contributed by atoms with E-state index in [1.54, 1.807) is 0 Å². The topological polar surface area (TPSA) is 55.1 Å². The first-order valence-corrected chi connectivity index (χ1v) is 4.74. The molecule has 1 amide bonds. The number of rotatable bonds is 3. The second kappa shape index (κ2) is 6.43. The maximum atomic E-state index is 11.1. The molecule has 0 fully saturated rings. The van der Waals surface area contributed by atoms with Gasteiger partial charge in [0.1, 0.15) is 0 Å². The number of nitrogens with one attached hydrogen (secondary N) is 1. The van der Waals surface area contributed by atoms with Crippen LogP contribution in [0.3, 0.4) is 0 Å². The van der Waals surface area contributed by atoms with E-state index in [-0.39, 0.29) is 24.9 Å². The second-order valence-electron chi connectivity index (χ2n) is 3.49. The molecule has 84 valence electrons. The summed E-state index contributed by atoms with van der Waals surface area (Å²) >= 11 is 0. The van der Waals surface area contributed by atoms with Crippen molar-refractivity contribution in [1.29, 1.82) is 0 Å². The van der Waals surface area contributed by atoms with Gasteiger partial charge in [-0.2, -0.15) is 0 Å². The molecule has 3 N–H and O–H groups in total. The average molecular weight is 229 g/mol. The summed E-state index contributed by atoms with van der Waals surface area (Å²) in [5, 5.41) is 2.78. The van der Waals surface area contributed by atoms with E-state index in [4.69, 9.17) is 5.73 Å². The number of amides is 1. The van der Waals surface area contributed by atoms with E-state index in [0.717, 1.165) is 11.3 Å². The van der Waals surface area contributed by atoms with Gasteiger partial charge in [0.2, 0.25) is 5.91 Å². The minimum absolute atomic E-state index is 0. The Bertz CT molecular complexity index is 326. The molecule has 0 radical (unpaired) electrons. The van der Waals surface area contributed by atoms with Gasteiger partial charge < -0.3 is 11.1 Å². The Balaban J connectivity index is 0.00000196. The van der Waals surface area contributed by atoms with E-state index >= 15 is 0 Å². The van der Waals surface area contributed by atoms with Crippen molar-refractivity contribution < 1.29 is 4.79 Å². The summed E-state index contributed by atoms with van der Waals surface area (Å²) in [5.41, 5.74) is 7.23. The van der Waals surface area contributed by atoms with Crippen molar-refractivity contribution in [2.75, 3.05) is 11.9 Å². The smallest absolute Gasteiger partial charge is 0.238 e. The highest BCUT2D eigenvalue weighted by atomic mass is 35.5. The lowest BCUT2D eigenvalue weighted by atomic mass is 10.0. The fourth-order valence-corrected chi connectivity index (χ4v) is 1.32. The third-order valence-electron chi connectivity index (χ3n) is 2.04. The van der Waals surface area contributed by atoms with Gasteiger partial charge in [-0.3, -0.25) is 4.79 Å². The third kappa shape index (κ3) is 3.90. The number of nitrogens with two attached hydrogens (primary N) is 1. The molecule has 3 nitrogen and oxygen atoms in total. The summed E-state index contributed by atoms with van der Waals surface area (Å²) in [4.78, 5) is 11.1. The molecule has 1 rings (SSSR count). The van der Waals surface area contributed by atoms with Gasteiger partial charge in [0.15, 0.2) is 0 Å². The highest BCUT2D eigenvalue weighted by molar-refractivity contribution is 5.92. The van der Waals surface area contributed by atoms with Gasteiger partial charge in [-0.1, -0.05) is 32.0 Å². The van der Waals surface area contributed by atoms with Crippen LogP contribution in [0.25, 0.3) is 0 Å². The standard InChI is InChI=1S/C11H16N2O.ClH/c1-8(2)9-5-3-4-6-10(9)13-11(14)7-12;/h3-6,8H,7,12H2,1-2H3,(H,13,14);1H. The number of halogens is 1. The van der Waals surface area contributed by atoms with Crippen LogP contribution in [0.15, 0.2) is 24.3 Å². The molecule has 0 saturated heterocycles. The minimum Gasteiger partial charge on any atom is -0.325 e. The summed E-state index contributed by atoms with van der Waals surface area (Å²) in [7, 11) is 0. The molecular weight excluding hydrogens is 212 g/mol. The van der Waals surface area contributed by atoms with Crippen LogP contribution < -0.4 is 11.1 Å². The molecule has 0 atom stereocenters. The Morgan fingerprint density at radius 2 is 2.00 bits per heavy atom. The molecule has 0 unspecified atom stereocenters. The Kier molecular flexibility index (Phi) is 5.97. The number of para-hydroxylation sites is 1. The first-order valence-electron chi connectivity index (χ1n) is 4.74. The zero-order valence-corrected chi connectivity index (χ0v) is 9.80. The summed E-state index contributed by atoms with van der Waals surface area (Å²) < 4.78 is 0. The molecule has 0 aliphatic heterocycles. The molecule has 1 aromatic carbocycles. The molecule has 0 aliphatic rings. The van der Waals surface area contributed by atoms with Gasteiger partial charge in [-0.25, -0.2) is 0 Å². The molecular formula is C11H17ClN2O. The Morgan fingerprint density at radius 3 is 2.53 bits per heavy atom. The van der Waals surface area contributed by atoms with Crippen LogP contribution in [0.2, 0.25) is 0 Å². The monoisotopic (exact) mass is 228 g/mol. The van der Waals surface area contributed by atoms with Crippen molar-refractivity contribution in [2.45, 2.75) is 19.8 Å². The zero-order valence-electron chi connectivity index (χ0n) is 8.99. The highest BCUT2D eigenvalue weighted by Crippen LogP contribution is 2.23. The van der Waals surface area contributed by atoms with Gasteiger partial charge in [-0.05, 0) is 17.5 Å². The van der Waals surface area contributed by atoms with Gasteiger partial charge in [-0.15, -0.1) is 12.4 Å².